The number of hydrogen-bond donors (Lipinski definition) is 0. The van der Waals surface area contributed by atoms with Crippen LogP contribution in [0.4, 0.5) is 4.39 Å². The first kappa shape index (κ1) is 10.9. The van der Waals surface area contributed by atoms with Crippen LogP contribution in [-0.4, -0.2) is 18.2 Å². The molecule has 0 aromatic heterocycles. The molecule has 0 aromatic rings. The van der Waals surface area contributed by atoms with Gasteiger partial charge in [-0.2, -0.15) is 0 Å². The van der Waals surface area contributed by atoms with Crippen molar-refractivity contribution in [1.29, 1.82) is 0 Å². The summed E-state index contributed by atoms with van der Waals surface area (Å²) in [5.41, 5.74) is 0. The molecule has 0 saturated heterocycles. The molecule has 0 radical (unpaired) electrons. The maximum atomic E-state index is 12.9. The molecule has 2 nitrogen and oxygen atoms in total. The summed E-state index contributed by atoms with van der Waals surface area (Å²) in [6.07, 6.45) is 0.502. The predicted molar refractivity (Wildman–Crippen MR) is 45.5 cm³/mol. The van der Waals surface area contributed by atoms with Crippen molar-refractivity contribution in [1.82, 2.24) is 0 Å². The van der Waals surface area contributed by atoms with Gasteiger partial charge in [0.05, 0.1) is 0 Å². The Balaban J connectivity index is 4.06. The third-order valence-corrected chi connectivity index (χ3v) is 1.42. The molecule has 0 spiro atoms. The Labute approximate surface area is 71.7 Å². The zero-order valence-electron chi connectivity index (χ0n) is 7.13. The SMILES string of the molecule is C=CC(=O)OC(CC)C(F)C=C. The fraction of sp³-hybridized carbons (Fsp3) is 0.444. The van der Waals surface area contributed by atoms with Gasteiger partial charge in [0.15, 0.2) is 6.17 Å². The molecule has 0 N–H and O–H groups in total. The van der Waals surface area contributed by atoms with Gasteiger partial charge in [0.2, 0.25) is 0 Å². The summed E-state index contributed by atoms with van der Waals surface area (Å²) in [5.74, 6) is -0.605. The molecule has 2 atom stereocenters. The minimum atomic E-state index is -1.31. The molecule has 0 aliphatic rings. The average Bonchev–Trinajstić information content (AvgIpc) is 2.12. The van der Waals surface area contributed by atoms with Crippen molar-refractivity contribution in [3.05, 3.63) is 25.3 Å². The normalized spacial score (nSPS) is 14.5. The van der Waals surface area contributed by atoms with E-state index in [1.165, 1.54) is 0 Å². The lowest BCUT2D eigenvalue weighted by Crippen LogP contribution is -2.25. The monoisotopic (exact) mass is 172 g/mol. The molecule has 0 fully saturated rings. The van der Waals surface area contributed by atoms with Crippen LogP contribution < -0.4 is 0 Å². The van der Waals surface area contributed by atoms with Gasteiger partial charge in [0, 0.05) is 6.08 Å². The fourth-order valence-electron chi connectivity index (χ4n) is 0.723. The Morgan fingerprint density at radius 1 is 1.67 bits per heavy atom. The van der Waals surface area contributed by atoms with Gasteiger partial charge < -0.3 is 4.74 Å². The molecule has 0 bridgehead atoms. The highest BCUT2D eigenvalue weighted by Gasteiger charge is 2.18. The van der Waals surface area contributed by atoms with E-state index in [1.807, 2.05) is 0 Å². The van der Waals surface area contributed by atoms with E-state index in [-0.39, 0.29) is 0 Å². The minimum absolute atomic E-state index is 0.423. The van der Waals surface area contributed by atoms with E-state index < -0.39 is 18.2 Å². The van der Waals surface area contributed by atoms with Gasteiger partial charge >= 0.3 is 5.97 Å². The van der Waals surface area contributed by atoms with Crippen LogP contribution >= 0.6 is 0 Å². The summed E-state index contributed by atoms with van der Waals surface area (Å²) in [5, 5.41) is 0. The Morgan fingerprint density at radius 3 is 2.58 bits per heavy atom. The minimum Gasteiger partial charge on any atom is -0.456 e. The lowest BCUT2D eigenvalue weighted by molar-refractivity contribution is -0.145. The van der Waals surface area contributed by atoms with E-state index in [4.69, 9.17) is 4.74 Å². The first-order valence-corrected chi connectivity index (χ1v) is 3.75. The van der Waals surface area contributed by atoms with Crippen LogP contribution in [0.25, 0.3) is 0 Å². The third-order valence-electron chi connectivity index (χ3n) is 1.42. The molecular weight excluding hydrogens is 159 g/mol. The van der Waals surface area contributed by atoms with Gasteiger partial charge in [-0.25, -0.2) is 9.18 Å². The highest BCUT2D eigenvalue weighted by atomic mass is 19.1. The van der Waals surface area contributed by atoms with Crippen molar-refractivity contribution in [2.75, 3.05) is 0 Å². The molecule has 68 valence electrons. The number of alkyl halides is 1. The van der Waals surface area contributed by atoms with Crippen LogP contribution in [0.1, 0.15) is 13.3 Å². The van der Waals surface area contributed by atoms with Gasteiger partial charge in [-0.3, -0.25) is 0 Å². The number of rotatable bonds is 5. The summed E-state index contributed by atoms with van der Waals surface area (Å²) in [4.78, 5) is 10.7. The molecule has 0 aliphatic carbocycles. The summed E-state index contributed by atoms with van der Waals surface area (Å²) in [6, 6.07) is 0. The van der Waals surface area contributed by atoms with Crippen LogP contribution in [0.3, 0.4) is 0 Å². The molecule has 12 heavy (non-hydrogen) atoms. The molecule has 0 heterocycles. The molecule has 0 aliphatic heterocycles. The molecule has 3 heteroatoms. The molecule has 0 amide bonds. The average molecular weight is 172 g/mol. The Bertz CT molecular complexity index is 177. The van der Waals surface area contributed by atoms with Gasteiger partial charge in [0.1, 0.15) is 6.10 Å². The van der Waals surface area contributed by atoms with Gasteiger partial charge in [-0.15, -0.1) is 6.58 Å². The van der Waals surface area contributed by atoms with Crippen molar-refractivity contribution >= 4 is 5.97 Å². The summed E-state index contributed by atoms with van der Waals surface area (Å²) in [7, 11) is 0. The number of esters is 1. The second-order valence-corrected chi connectivity index (χ2v) is 2.27. The number of carbonyl (C=O) groups is 1. The Hall–Kier alpha value is -1.12. The van der Waals surface area contributed by atoms with Crippen molar-refractivity contribution in [2.45, 2.75) is 25.6 Å². The molecule has 0 aromatic carbocycles. The second-order valence-electron chi connectivity index (χ2n) is 2.27. The van der Waals surface area contributed by atoms with Gasteiger partial charge in [0.25, 0.3) is 0 Å². The zero-order valence-corrected chi connectivity index (χ0v) is 7.13. The molecule has 0 saturated carbocycles. The molecule has 2 unspecified atom stereocenters. The largest absolute Gasteiger partial charge is 0.456 e. The van der Waals surface area contributed by atoms with E-state index >= 15 is 0 Å². The maximum Gasteiger partial charge on any atom is 0.330 e. The first-order chi connectivity index (χ1) is 5.65. The predicted octanol–water partition coefficient (Wildman–Crippen LogP) is 2.02. The van der Waals surface area contributed by atoms with E-state index in [1.54, 1.807) is 6.92 Å². The zero-order chi connectivity index (χ0) is 9.56. The smallest absolute Gasteiger partial charge is 0.330 e. The van der Waals surface area contributed by atoms with Crippen molar-refractivity contribution in [2.24, 2.45) is 0 Å². The summed E-state index contributed by atoms with van der Waals surface area (Å²) < 4.78 is 17.6. The van der Waals surface area contributed by atoms with E-state index in [0.717, 1.165) is 12.2 Å². The van der Waals surface area contributed by atoms with Crippen molar-refractivity contribution < 1.29 is 13.9 Å². The summed E-state index contributed by atoms with van der Waals surface area (Å²) >= 11 is 0. The topological polar surface area (TPSA) is 26.3 Å². The Kier molecular flexibility index (Phi) is 5.00. The Morgan fingerprint density at radius 2 is 2.25 bits per heavy atom. The lowest BCUT2D eigenvalue weighted by Gasteiger charge is -2.16. The van der Waals surface area contributed by atoms with Gasteiger partial charge in [-0.1, -0.05) is 19.6 Å². The molecular formula is C9H13FO2. The van der Waals surface area contributed by atoms with Crippen LogP contribution in [-0.2, 0) is 9.53 Å². The van der Waals surface area contributed by atoms with Crippen LogP contribution in [0.15, 0.2) is 25.3 Å². The number of hydrogen-bond acceptors (Lipinski definition) is 2. The number of carbonyl (C=O) groups excluding carboxylic acids is 1. The third kappa shape index (κ3) is 3.32. The highest BCUT2D eigenvalue weighted by molar-refractivity contribution is 5.81. The number of halogens is 1. The summed E-state index contributed by atoms with van der Waals surface area (Å²) in [6.45, 7) is 8.21. The first-order valence-electron chi connectivity index (χ1n) is 3.75. The van der Waals surface area contributed by atoms with Crippen LogP contribution in [0.2, 0.25) is 0 Å². The van der Waals surface area contributed by atoms with Crippen molar-refractivity contribution in [3.8, 4) is 0 Å². The van der Waals surface area contributed by atoms with E-state index in [2.05, 4.69) is 13.2 Å². The fourth-order valence-corrected chi connectivity index (χ4v) is 0.723. The van der Waals surface area contributed by atoms with Crippen LogP contribution in [0.5, 0.6) is 0 Å². The quantitative estimate of drug-likeness (QED) is 0.360. The van der Waals surface area contributed by atoms with E-state index in [0.29, 0.717) is 6.42 Å². The van der Waals surface area contributed by atoms with Gasteiger partial charge in [-0.05, 0) is 6.42 Å². The lowest BCUT2D eigenvalue weighted by atomic mass is 10.2. The standard InChI is InChI=1S/C9H13FO2/c1-4-7(10)8(5-2)12-9(11)6-3/h4,6-8H,1,3,5H2,2H3. The van der Waals surface area contributed by atoms with Crippen molar-refractivity contribution in [3.63, 3.8) is 0 Å². The molecule has 0 rings (SSSR count). The van der Waals surface area contributed by atoms with Crippen LogP contribution in [0, 0.1) is 0 Å². The highest BCUT2D eigenvalue weighted by Crippen LogP contribution is 2.09. The maximum absolute atomic E-state index is 12.9. The second kappa shape index (κ2) is 5.52. The van der Waals surface area contributed by atoms with E-state index in [9.17, 15) is 9.18 Å². The number of ether oxygens (including phenoxy) is 1.